The first-order valence-corrected chi connectivity index (χ1v) is 4.75. The molecule has 0 heterocycles. The minimum Gasteiger partial charge on any atom is -0.379 e. The van der Waals surface area contributed by atoms with Gasteiger partial charge >= 0.3 is 0 Å². The number of carbonyl (C=O) groups excluding carboxylic acids is 1. The number of amides is 1. The quantitative estimate of drug-likeness (QED) is 0.563. The van der Waals surface area contributed by atoms with Gasteiger partial charge in [0.1, 0.15) is 0 Å². The Balaban J connectivity index is 3.04. The SMILES string of the molecule is CC(C)OCCCCNC(=O)CN. The highest BCUT2D eigenvalue weighted by Crippen LogP contribution is 1.92. The van der Waals surface area contributed by atoms with Crippen molar-refractivity contribution >= 4 is 5.91 Å². The maximum atomic E-state index is 10.7. The lowest BCUT2D eigenvalue weighted by molar-refractivity contribution is -0.119. The first-order chi connectivity index (χ1) is 6.16. The summed E-state index contributed by atoms with van der Waals surface area (Å²) in [5.41, 5.74) is 5.12. The molecule has 78 valence electrons. The number of nitrogens with one attached hydrogen (secondary N) is 1. The van der Waals surface area contributed by atoms with Crippen molar-refractivity contribution in [2.45, 2.75) is 32.8 Å². The molecule has 0 saturated heterocycles. The van der Waals surface area contributed by atoms with Crippen LogP contribution in [0.3, 0.4) is 0 Å². The second kappa shape index (κ2) is 8.01. The van der Waals surface area contributed by atoms with Crippen LogP contribution in [0.4, 0.5) is 0 Å². The molecule has 4 heteroatoms. The average molecular weight is 188 g/mol. The lowest BCUT2D eigenvalue weighted by Crippen LogP contribution is -2.31. The molecule has 0 aromatic rings. The van der Waals surface area contributed by atoms with Gasteiger partial charge in [-0.25, -0.2) is 0 Å². The molecule has 13 heavy (non-hydrogen) atoms. The van der Waals surface area contributed by atoms with Gasteiger partial charge in [0.2, 0.25) is 5.91 Å². The maximum absolute atomic E-state index is 10.7. The number of rotatable bonds is 7. The Labute approximate surface area is 79.8 Å². The van der Waals surface area contributed by atoms with E-state index in [0.29, 0.717) is 12.6 Å². The van der Waals surface area contributed by atoms with Crippen LogP contribution in [0.2, 0.25) is 0 Å². The third kappa shape index (κ3) is 9.30. The average Bonchev–Trinajstić information content (AvgIpc) is 2.10. The normalized spacial score (nSPS) is 10.5. The lowest BCUT2D eigenvalue weighted by atomic mass is 10.3. The van der Waals surface area contributed by atoms with Gasteiger partial charge in [0.15, 0.2) is 0 Å². The summed E-state index contributed by atoms with van der Waals surface area (Å²) < 4.78 is 5.34. The number of unbranched alkanes of at least 4 members (excludes halogenated alkanes) is 1. The molecule has 0 saturated carbocycles. The summed E-state index contributed by atoms with van der Waals surface area (Å²) in [4.78, 5) is 10.7. The van der Waals surface area contributed by atoms with Gasteiger partial charge in [-0.05, 0) is 26.7 Å². The van der Waals surface area contributed by atoms with Crippen molar-refractivity contribution < 1.29 is 9.53 Å². The van der Waals surface area contributed by atoms with E-state index >= 15 is 0 Å². The molecule has 0 aliphatic carbocycles. The summed E-state index contributed by atoms with van der Waals surface area (Å²) in [6.45, 7) is 5.54. The Morgan fingerprint density at radius 2 is 2.15 bits per heavy atom. The van der Waals surface area contributed by atoms with E-state index in [1.165, 1.54) is 0 Å². The van der Waals surface area contributed by atoms with Crippen LogP contribution in [0.15, 0.2) is 0 Å². The molecule has 0 aromatic heterocycles. The van der Waals surface area contributed by atoms with Gasteiger partial charge in [-0.1, -0.05) is 0 Å². The molecule has 0 bridgehead atoms. The fraction of sp³-hybridized carbons (Fsp3) is 0.889. The number of ether oxygens (including phenoxy) is 1. The molecule has 0 aliphatic heterocycles. The summed E-state index contributed by atoms with van der Waals surface area (Å²) in [6, 6.07) is 0. The molecule has 0 atom stereocenters. The standard InChI is InChI=1S/C9H20N2O2/c1-8(2)13-6-4-3-5-11-9(12)7-10/h8H,3-7,10H2,1-2H3,(H,11,12). The van der Waals surface area contributed by atoms with Gasteiger partial charge in [-0.15, -0.1) is 0 Å². The molecule has 0 rings (SSSR count). The number of hydrogen-bond donors (Lipinski definition) is 2. The largest absolute Gasteiger partial charge is 0.379 e. The second-order valence-electron chi connectivity index (χ2n) is 3.18. The summed E-state index contributed by atoms with van der Waals surface area (Å²) in [5.74, 6) is -0.0928. The summed E-state index contributed by atoms with van der Waals surface area (Å²) in [6.07, 6.45) is 2.21. The highest BCUT2D eigenvalue weighted by molar-refractivity contribution is 5.77. The molecule has 0 spiro atoms. The third-order valence-corrected chi connectivity index (χ3v) is 1.53. The molecule has 3 N–H and O–H groups in total. The predicted octanol–water partition coefficient (Wildman–Crippen LogP) is 0.267. The van der Waals surface area contributed by atoms with Crippen LogP contribution in [-0.4, -0.2) is 31.7 Å². The van der Waals surface area contributed by atoms with E-state index in [4.69, 9.17) is 10.5 Å². The van der Waals surface area contributed by atoms with Gasteiger partial charge in [0.25, 0.3) is 0 Å². The fourth-order valence-electron chi connectivity index (χ4n) is 0.846. The van der Waals surface area contributed by atoms with Crippen LogP contribution >= 0.6 is 0 Å². The topological polar surface area (TPSA) is 64.3 Å². The van der Waals surface area contributed by atoms with Crippen molar-refractivity contribution in [3.8, 4) is 0 Å². The van der Waals surface area contributed by atoms with Crippen LogP contribution in [0.1, 0.15) is 26.7 Å². The van der Waals surface area contributed by atoms with E-state index in [-0.39, 0.29) is 12.5 Å². The van der Waals surface area contributed by atoms with E-state index in [1.54, 1.807) is 0 Å². The first-order valence-electron chi connectivity index (χ1n) is 4.75. The number of nitrogens with two attached hydrogens (primary N) is 1. The van der Waals surface area contributed by atoms with Gasteiger partial charge in [0, 0.05) is 13.2 Å². The molecule has 0 radical (unpaired) electrons. The molecule has 0 unspecified atom stereocenters. The Hall–Kier alpha value is -0.610. The van der Waals surface area contributed by atoms with Crippen LogP contribution in [0, 0.1) is 0 Å². The van der Waals surface area contributed by atoms with Gasteiger partial charge in [-0.2, -0.15) is 0 Å². The zero-order valence-electron chi connectivity index (χ0n) is 8.51. The third-order valence-electron chi connectivity index (χ3n) is 1.53. The van der Waals surface area contributed by atoms with Crippen LogP contribution < -0.4 is 11.1 Å². The maximum Gasteiger partial charge on any atom is 0.233 e. The monoisotopic (exact) mass is 188 g/mol. The Morgan fingerprint density at radius 3 is 2.69 bits per heavy atom. The minimum absolute atomic E-state index is 0.0719. The van der Waals surface area contributed by atoms with Crippen molar-refractivity contribution in [1.29, 1.82) is 0 Å². The molecule has 0 aliphatic rings. The molecular formula is C9H20N2O2. The molecule has 0 fully saturated rings. The minimum atomic E-state index is -0.0928. The summed E-state index contributed by atoms with van der Waals surface area (Å²) in [5, 5.41) is 2.70. The van der Waals surface area contributed by atoms with Crippen molar-refractivity contribution in [1.82, 2.24) is 5.32 Å². The lowest BCUT2D eigenvalue weighted by Gasteiger charge is -2.07. The van der Waals surface area contributed by atoms with Crippen LogP contribution in [0.25, 0.3) is 0 Å². The van der Waals surface area contributed by atoms with Gasteiger partial charge < -0.3 is 15.8 Å². The molecular weight excluding hydrogens is 168 g/mol. The smallest absolute Gasteiger partial charge is 0.233 e. The molecule has 1 amide bonds. The fourth-order valence-corrected chi connectivity index (χ4v) is 0.846. The zero-order valence-corrected chi connectivity index (χ0v) is 8.51. The van der Waals surface area contributed by atoms with Crippen molar-refractivity contribution in [3.63, 3.8) is 0 Å². The Bertz CT molecular complexity index is 138. The van der Waals surface area contributed by atoms with E-state index in [0.717, 1.165) is 19.4 Å². The highest BCUT2D eigenvalue weighted by Gasteiger charge is 1.96. The molecule has 0 aromatic carbocycles. The van der Waals surface area contributed by atoms with E-state index in [9.17, 15) is 4.79 Å². The van der Waals surface area contributed by atoms with Crippen molar-refractivity contribution in [2.75, 3.05) is 19.7 Å². The Morgan fingerprint density at radius 1 is 1.46 bits per heavy atom. The summed E-state index contributed by atoms with van der Waals surface area (Å²) in [7, 11) is 0. The van der Waals surface area contributed by atoms with E-state index < -0.39 is 0 Å². The zero-order chi connectivity index (χ0) is 10.1. The van der Waals surface area contributed by atoms with E-state index in [1.807, 2.05) is 13.8 Å². The van der Waals surface area contributed by atoms with Gasteiger partial charge in [-0.3, -0.25) is 4.79 Å². The highest BCUT2D eigenvalue weighted by atomic mass is 16.5. The van der Waals surface area contributed by atoms with Crippen LogP contribution in [-0.2, 0) is 9.53 Å². The van der Waals surface area contributed by atoms with Crippen molar-refractivity contribution in [2.24, 2.45) is 5.73 Å². The van der Waals surface area contributed by atoms with E-state index in [2.05, 4.69) is 5.32 Å². The van der Waals surface area contributed by atoms with Crippen LogP contribution in [0.5, 0.6) is 0 Å². The number of carbonyl (C=O) groups is 1. The Kier molecular flexibility index (Phi) is 7.63. The predicted molar refractivity (Wildman–Crippen MR) is 52.4 cm³/mol. The summed E-state index contributed by atoms with van der Waals surface area (Å²) >= 11 is 0. The molecule has 4 nitrogen and oxygen atoms in total. The van der Waals surface area contributed by atoms with Crippen molar-refractivity contribution in [3.05, 3.63) is 0 Å². The second-order valence-corrected chi connectivity index (χ2v) is 3.18. The number of hydrogen-bond acceptors (Lipinski definition) is 3. The first kappa shape index (κ1) is 12.4. The van der Waals surface area contributed by atoms with Gasteiger partial charge in [0.05, 0.1) is 12.6 Å².